The van der Waals surface area contributed by atoms with Crippen LogP contribution in [0.3, 0.4) is 0 Å². The fourth-order valence-corrected chi connectivity index (χ4v) is 3.16. The van der Waals surface area contributed by atoms with E-state index in [2.05, 4.69) is 10.6 Å². The predicted octanol–water partition coefficient (Wildman–Crippen LogP) is 2.25. The molecule has 2 rings (SSSR count). The molecule has 2 aromatic carbocycles. The summed E-state index contributed by atoms with van der Waals surface area (Å²) in [6.07, 6.45) is 2.24. The number of hydrogen-bond acceptors (Lipinski definition) is 5. The van der Waals surface area contributed by atoms with Crippen molar-refractivity contribution in [1.82, 2.24) is 10.6 Å². The van der Waals surface area contributed by atoms with E-state index in [1.54, 1.807) is 18.2 Å². The van der Waals surface area contributed by atoms with E-state index in [1.807, 2.05) is 6.26 Å². The second-order valence-electron chi connectivity index (χ2n) is 6.38. The Hall–Kier alpha value is -3.33. The maximum absolute atomic E-state index is 12.6. The summed E-state index contributed by atoms with van der Waals surface area (Å²) < 4.78 is 0. The van der Waals surface area contributed by atoms with Gasteiger partial charge in [-0.2, -0.15) is 11.8 Å². The van der Waals surface area contributed by atoms with E-state index in [1.165, 1.54) is 42.1 Å². The number of nitrogens with one attached hydrogen (secondary N) is 2. The van der Waals surface area contributed by atoms with Gasteiger partial charge in [-0.25, -0.2) is 9.59 Å². The summed E-state index contributed by atoms with van der Waals surface area (Å²) in [5, 5.41) is 23.5. The molecule has 0 saturated heterocycles. The molecule has 1 unspecified atom stereocenters. The molecule has 0 aliphatic carbocycles. The van der Waals surface area contributed by atoms with Crippen molar-refractivity contribution in [1.29, 1.82) is 0 Å². The first kappa shape index (κ1) is 23.0. The van der Waals surface area contributed by atoms with Crippen LogP contribution in [0.2, 0.25) is 0 Å². The summed E-state index contributed by atoms with van der Waals surface area (Å²) in [7, 11) is 0. The Morgan fingerprint density at radius 1 is 0.933 bits per heavy atom. The normalized spacial score (nSPS) is 11.4. The molecule has 0 heterocycles. The second-order valence-corrected chi connectivity index (χ2v) is 7.36. The van der Waals surface area contributed by atoms with E-state index in [9.17, 15) is 24.3 Å². The number of thioether (sulfide) groups is 1. The Morgan fingerprint density at radius 2 is 1.57 bits per heavy atom. The van der Waals surface area contributed by atoms with Gasteiger partial charge in [0.05, 0.1) is 16.7 Å². The van der Waals surface area contributed by atoms with E-state index in [0.717, 1.165) is 0 Å². The van der Waals surface area contributed by atoms with Gasteiger partial charge in [0.1, 0.15) is 6.04 Å². The van der Waals surface area contributed by atoms with Crippen molar-refractivity contribution < 1.29 is 29.4 Å². The maximum atomic E-state index is 12.6. The highest BCUT2D eigenvalue weighted by Gasteiger charge is 2.23. The minimum Gasteiger partial charge on any atom is -0.478 e. The third kappa shape index (κ3) is 6.35. The predicted molar refractivity (Wildman–Crippen MR) is 113 cm³/mol. The van der Waals surface area contributed by atoms with Crippen LogP contribution in [0.5, 0.6) is 0 Å². The first-order valence-corrected chi connectivity index (χ1v) is 10.4. The number of benzene rings is 2. The first-order valence-electron chi connectivity index (χ1n) is 9.05. The number of carboxylic acid groups (broad SMARTS) is 2. The second kappa shape index (κ2) is 11.0. The average Bonchev–Trinajstić information content (AvgIpc) is 2.74. The van der Waals surface area contributed by atoms with E-state index in [4.69, 9.17) is 5.11 Å². The Balaban J connectivity index is 2.07. The lowest BCUT2D eigenvalue weighted by Gasteiger charge is -2.19. The van der Waals surface area contributed by atoms with Crippen molar-refractivity contribution in [2.45, 2.75) is 19.0 Å². The Labute approximate surface area is 177 Å². The van der Waals surface area contributed by atoms with Gasteiger partial charge in [-0.05, 0) is 48.3 Å². The van der Waals surface area contributed by atoms with Crippen LogP contribution in [0.15, 0.2) is 48.5 Å². The molecule has 0 aliphatic rings. The smallest absolute Gasteiger partial charge is 0.336 e. The molecule has 0 spiro atoms. The summed E-state index contributed by atoms with van der Waals surface area (Å²) in [4.78, 5) is 47.5. The molecular weight excluding hydrogens is 408 g/mol. The lowest BCUT2D eigenvalue weighted by atomic mass is 10.1. The van der Waals surface area contributed by atoms with Crippen LogP contribution in [0.1, 0.15) is 43.1 Å². The highest BCUT2D eigenvalue weighted by molar-refractivity contribution is 7.98. The van der Waals surface area contributed by atoms with Crippen molar-refractivity contribution in [3.8, 4) is 0 Å². The van der Waals surface area contributed by atoms with E-state index in [0.29, 0.717) is 17.7 Å². The average molecular weight is 430 g/mol. The molecule has 2 amide bonds. The molecule has 0 saturated carbocycles. The molecular formula is C21H22N2O6S. The van der Waals surface area contributed by atoms with Crippen LogP contribution >= 0.6 is 11.8 Å². The lowest BCUT2D eigenvalue weighted by molar-refractivity contribution is -0.123. The largest absolute Gasteiger partial charge is 0.478 e. The zero-order chi connectivity index (χ0) is 22.1. The van der Waals surface area contributed by atoms with Crippen molar-refractivity contribution in [2.75, 3.05) is 12.0 Å². The van der Waals surface area contributed by atoms with Gasteiger partial charge in [-0.3, -0.25) is 9.59 Å². The summed E-state index contributed by atoms with van der Waals surface area (Å²) >= 11 is 1.52. The molecule has 158 valence electrons. The van der Waals surface area contributed by atoms with Crippen LogP contribution < -0.4 is 10.6 Å². The number of aromatic carboxylic acids is 2. The highest BCUT2D eigenvalue weighted by Crippen LogP contribution is 2.11. The monoisotopic (exact) mass is 430 g/mol. The van der Waals surface area contributed by atoms with Crippen molar-refractivity contribution in [3.63, 3.8) is 0 Å². The van der Waals surface area contributed by atoms with Gasteiger partial charge in [-0.15, -0.1) is 0 Å². The van der Waals surface area contributed by atoms with E-state index >= 15 is 0 Å². The van der Waals surface area contributed by atoms with Crippen molar-refractivity contribution in [3.05, 3.63) is 70.8 Å². The molecule has 9 heteroatoms. The molecule has 0 aromatic heterocycles. The van der Waals surface area contributed by atoms with Gasteiger partial charge in [-0.1, -0.05) is 24.3 Å². The number of hydrogen-bond donors (Lipinski definition) is 4. The van der Waals surface area contributed by atoms with Gasteiger partial charge in [0, 0.05) is 6.54 Å². The summed E-state index contributed by atoms with van der Waals surface area (Å²) in [5.74, 6) is -2.69. The minimum absolute atomic E-state index is 0.0174. The molecule has 0 aliphatic heterocycles. The van der Waals surface area contributed by atoms with Crippen LogP contribution in [-0.2, 0) is 11.3 Å². The summed E-state index contributed by atoms with van der Waals surface area (Å²) in [6, 6.07) is 11.0. The fraction of sp³-hybridized carbons (Fsp3) is 0.238. The topological polar surface area (TPSA) is 133 Å². The number of amides is 2. The van der Waals surface area contributed by atoms with Crippen molar-refractivity contribution >= 4 is 35.5 Å². The molecule has 30 heavy (non-hydrogen) atoms. The fourth-order valence-electron chi connectivity index (χ4n) is 2.69. The third-order valence-electron chi connectivity index (χ3n) is 4.30. The molecule has 0 fully saturated rings. The molecule has 4 N–H and O–H groups in total. The van der Waals surface area contributed by atoms with Gasteiger partial charge in [0.2, 0.25) is 5.91 Å². The molecule has 0 radical (unpaired) electrons. The zero-order valence-electron chi connectivity index (χ0n) is 16.3. The Bertz CT molecular complexity index is 929. The number of rotatable bonds is 10. The summed E-state index contributed by atoms with van der Waals surface area (Å²) in [5.41, 5.74) is 0.695. The van der Waals surface area contributed by atoms with Gasteiger partial charge in [0.15, 0.2) is 0 Å². The zero-order valence-corrected chi connectivity index (χ0v) is 17.1. The molecule has 1 atom stereocenters. The quantitative estimate of drug-likeness (QED) is 0.454. The van der Waals surface area contributed by atoms with Crippen LogP contribution in [0.25, 0.3) is 0 Å². The minimum atomic E-state index is -1.23. The number of carbonyl (C=O) groups excluding carboxylic acids is 2. The first-order chi connectivity index (χ1) is 14.3. The summed E-state index contributed by atoms with van der Waals surface area (Å²) in [6.45, 7) is 0.163. The van der Waals surface area contributed by atoms with Crippen LogP contribution in [0.4, 0.5) is 0 Å². The Morgan fingerprint density at radius 3 is 2.13 bits per heavy atom. The van der Waals surface area contributed by atoms with Gasteiger partial charge >= 0.3 is 11.9 Å². The number of carboxylic acids is 2. The standard InChI is InChI=1S/C21H22N2O6S/c1-30-11-10-17(23-18(24)15-4-2-3-5-16(15)21(28)29)19(25)22-12-13-6-8-14(9-7-13)20(26)27/h2-9,17H,10-12H2,1H3,(H,22,25)(H,23,24)(H,26,27)(H,28,29). The Kier molecular flexibility index (Phi) is 8.42. The highest BCUT2D eigenvalue weighted by atomic mass is 32.2. The van der Waals surface area contributed by atoms with Crippen LogP contribution in [0, 0.1) is 0 Å². The lowest BCUT2D eigenvalue weighted by Crippen LogP contribution is -2.47. The van der Waals surface area contributed by atoms with E-state index < -0.39 is 29.8 Å². The van der Waals surface area contributed by atoms with Gasteiger partial charge < -0.3 is 20.8 Å². The maximum Gasteiger partial charge on any atom is 0.336 e. The number of carbonyl (C=O) groups is 4. The van der Waals surface area contributed by atoms with Crippen molar-refractivity contribution in [2.24, 2.45) is 0 Å². The third-order valence-corrected chi connectivity index (χ3v) is 4.95. The van der Waals surface area contributed by atoms with E-state index in [-0.39, 0.29) is 23.2 Å². The molecule has 8 nitrogen and oxygen atoms in total. The molecule has 2 aromatic rings. The van der Waals surface area contributed by atoms with Gasteiger partial charge in [0.25, 0.3) is 5.91 Å². The SMILES string of the molecule is CSCCC(NC(=O)c1ccccc1C(=O)O)C(=O)NCc1ccc(C(=O)O)cc1. The molecule has 0 bridgehead atoms. The van der Waals surface area contributed by atoms with Crippen LogP contribution in [-0.4, -0.2) is 52.0 Å².